The minimum absolute atomic E-state index is 0.247. The maximum Gasteiger partial charge on any atom is 0.224 e. The van der Waals surface area contributed by atoms with Gasteiger partial charge in [0.05, 0.1) is 5.52 Å². The van der Waals surface area contributed by atoms with Gasteiger partial charge in [0.15, 0.2) is 0 Å². The molecule has 0 fully saturated rings. The molecular formula is C15H16ClN5. The Hall–Kier alpha value is -2.14. The highest BCUT2D eigenvalue weighted by Gasteiger charge is 2.12. The van der Waals surface area contributed by atoms with Gasteiger partial charge in [0.25, 0.3) is 0 Å². The fourth-order valence-electron chi connectivity index (χ4n) is 2.40. The Morgan fingerprint density at radius 2 is 2.00 bits per heavy atom. The van der Waals surface area contributed by atoms with Crippen LogP contribution in [0.4, 0.5) is 11.5 Å². The summed E-state index contributed by atoms with van der Waals surface area (Å²) < 4.78 is 1.89. The van der Waals surface area contributed by atoms with E-state index < -0.39 is 0 Å². The zero-order valence-electron chi connectivity index (χ0n) is 12.4. The summed E-state index contributed by atoms with van der Waals surface area (Å²) in [6, 6.07) is 6.20. The lowest BCUT2D eigenvalue weighted by molar-refractivity contribution is 0.751. The molecular weight excluding hydrogens is 286 g/mol. The summed E-state index contributed by atoms with van der Waals surface area (Å²) in [4.78, 5) is 10.3. The molecule has 108 valence electrons. The van der Waals surface area contributed by atoms with E-state index in [0.717, 1.165) is 33.7 Å². The molecule has 0 aliphatic rings. The minimum Gasteiger partial charge on any atom is -0.329 e. The van der Waals surface area contributed by atoms with Crippen molar-refractivity contribution < 1.29 is 0 Å². The Morgan fingerprint density at radius 1 is 1.24 bits per heavy atom. The van der Waals surface area contributed by atoms with Gasteiger partial charge in [-0.1, -0.05) is 0 Å². The van der Waals surface area contributed by atoms with Crippen LogP contribution in [0.15, 0.2) is 24.4 Å². The van der Waals surface area contributed by atoms with Crippen LogP contribution >= 0.6 is 11.6 Å². The fourth-order valence-corrected chi connectivity index (χ4v) is 2.53. The standard InChI is InChI=1S/C15H16ClN5/c1-9-8-17-15(16)18-14(9)20(3)11-5-6-12-10(2)21(4)19-13(12)7-11/h5-8H,1-4H3. The normalized spacial score (nSPS) is 11.1. The summed E-state index contributed by atoms with van der Waals surface area (Å²) in [5.41, 5.74) is 4.11. The van der Waals surface area contributed by atoms with Crippen LogP contribution in [0.25, 0.3) is 10.9 Å². The van der Waals surface area contributed by atoms with E-state index in [-0.39, 0.29) is 5.28 Å². The molecule has 0 N–H and O–H groups in total. The Kier molecular flexibility index (Phi) is 3.29. The van der Waals surface area contributed by atoms with Crippen molar-refractivity contribution in [2.45, 2.75) is 13.8 Å². The van der Waals surface area contributed by atoms with Gasteiger partial charge in [-0.3, -0.25) is 4.68 Å². The van der Waals surface area contributed by atoms with Crippen LogP contribution in [0, 0.1) is 13.8 Å². The molecule has 1 aromatic carbocycles. The molecule has 5 nitrogen and oxygen atoms in total. The van der Waals surface area contributed by atoms with Crippen molar-refractivity contribution in [3.63, 3.8) is 0 Å². The molecule has 3 rings (SSSR count). The highest BCUT2D eigenvalue weighted by Crippen LogP contribution is 2.28. The van der Waals surface area contributed by atoms with Crippen molar-refractivity contribution in [1.29, 1.82) is 0 Å². The number of aryl methyl sites for hydroxylation is 3. The van der Waals surface area contributed by atoms with Gasteiger partial charge >= 0.3 is 0 Å². The Bertz CT molecular complexity index is 824. The first-order valence-electron chi connectivity index (χ1n) is 6.63. The van der Waals surface area contributed by atoms with Crippen LogP contribution in [-0.4, -0.2) is 26.8 Å². The van der Waals surface area contributed by atoms with E-state index in [0.29, 0.717) is 0 Å². The molecule has 0 amide bonds. The van der Waals surface area contributed by atoms with Crippen molar-refractivity contribution in [2.24, 2.45) is 7.05 Å². The summed E-state index contributed by atoms with van der Waals surface area (Å²) in [6.07, 6.45) is 1.73. The van der Waals surface area contributed by atoms with E-state index in [2.05, 4.69) is 40.2 Å². The lowest BCUT2D eigenvalue weighted by Crippen LogP contribution is -2.13. The number of rotatable bonds is 2. The molecule has 0 aliphatic heterocycles. The first-order chi connectivity index (χ1) is 9.97. The predicted octanol–water partition coefficient (Wildman–Crippen LogP) is 3.40. The smallest absolute Gasteiger partial charge is 0.224 e. The van der Waals surface area contributed by atoms with E-state index in [1.54, 1.807) is 6.20 Å². The largest absolute Gasteiger partial charge is 0.329 e. The van der Waals surface area contributed by atoms with E-state index in [9.17, 15) is 0 Å². The summed E-state index contributed by atoms with van der Waals surface area (Å²) in [6.45, 7) is 4.03. The van der Waals surface area contributed by atoms with Crippen LogP contribution in [0.3, 0.4) is 0 Å². The maximum atomic E-state index is 5.90. The van der Waals surface area contributed by atoms with Crippen molar-refractivity contribution in [3.05, 3.63) is 40.9 Å². The predicted molar refractivity (Wildman–Crippen MR) is 85.3 cm³/mol. The van der Waals surface area contributed by atoms with Crippen LogP contribution < -0.4 is 4.90 Å². The minimum atomic E-state index is 0.247. The Morgan fingerprint density at radius 3 is 2.76 bits per heavy atom. The molecule has 6 heteroatoms. The monoisotopic (exact) mass is 301 g/mol. The summed E-state index contributed by atoms with van der Waals surface area (Å²) in [5.74, 6) is 0.794. The van der Waals surface area contributed by atoms with E-state index in [1.165, 1.54) is 0 Å². The van der Waals surface area contributed by atoms with Gasteiger partial charge in [-0.25, -0.2) is 4.98 Å². The average molecular weight is 302 g/mol. The molecule has 0 spiro atoms. The lowest BCUT2D eigenvalue weighted by atomic mass is 10.2. The SMILES string of the molecule is Cc1cnc(Cl)nc1N(C)c1ccc2c(C)n(C)nc2c1. The molecule has 0 bridgehead atoms. The van der Waals surface area contributed by atoms with Gasteiger partial charge in [-0.05, 0) is 43.6 Å². The first kappa shape index (κ1) is 13.8. The number of benzene rings is 1. The molecule has 0 saturated heterocycles. The molecule has 2 aromatic heterocycles. The number of hydrogen-bond acceptors (Lipinski definition) is 4. The highest BCUT2D eigenvalue weighted by molar-refractivity contribution is 6.28. The summed E-state index contributed by atoms with van der Waals surface area (Å²) in [5, 5.41) is 5.93. The topological polar surface area (TPSA) is 46.8 Å². The molecule has 2 heterocycles. The summed E-state index contributed by atoms with van der Waals surface area (Å²) >= 11 is 5.90. The Labute approximate surface area is 128 Å². The van der Waals surface area contributed by atoms with Gasteiger partial charge in [0, 0.05) is 42.6 Å². The highest BCUT2D eigenvalue weighted by atomic mass is 35.5. The molecule has 0 radical (unpaired) electrons. The number of fused-ring (bicyclic) bond motifs is 1. The second kappa shape index (κ2) is 5.00. The zero-order valence-corrected chi connectivity index (χ0v) is 13.2. The third kappa shape index (κ3) is 2.34. The van der Waals surface area contributed by atoms with E-state index in [1.807, 2.05) is 30.6 Å². The van der Waals surface area contributed by atoms with Crippen molar-refractivity contribution in [1.82, 2.24) is 19.7 Å². The van der Waals surface area contributed by atoms with Gasteiger partial charge in [-0.15, -0.1) is 0 Å². The van der Waals surface area contributed by atoms with Crippen LogP contribution in [0.1, 0.15) is 11.3 Å². The quantitative estimate of drug-likeness (QED) is 0.681. The second-order valence-corrected chi connectivity index (χ2v) is 5.45. The van der Waals surface area contributed by atoms with Crippen LogP contribution in [0.2, 0.25) is 5.28 Å². The fraction of sp³-hybridized carbons (Fsp3) is 0.267. The van der Waals surface area contributed by atoms with E-state index >= 15 is 0 Å². The summed E-state index contributed by atoms with van der Waals surface area (Å²) in [7, 11) is 3.91. The van der Waals surface area contributed by atoms with E-state index in [4.69, 9.17) is 11.6 Å². The van der Waals surface area contributed by atoms with Gasteiger partial charge < -0.3 is 4.90 Å². The number of halogens is 1. The van der Waals surface area contributed by atoms with Gasteiger partial charge in [0.1, 0.15) is 5.82 Å². The molecule has 3 aromatic rings. The lowest BCUT2D eigenvalue weighted by Gasteiger charge is -2.20. The van der Waals surface area contributed by atoms with Crippen molar-refractivity contribution in [3.8, 4) is 0 Å². The third-order valence-corrected chi connectivity index (χ3v) is 3.92. The number of anilines is 2. The number of hydrogen-bond donors (Lipinski definition) is 0. The van der Waals surface area contributed by atoms with Gasteiger partial charge in [-0.2, -0.15) is 10.1 Å². The third-order valence-electron chi connectivity index (χ3n) is 3.73. The Balaban J connectivity index is 2.09. The molecule has 21 heavy (non-hydrogen) atoms. The molecule has 0 aliphatic carbocycles. The average Bonchev–Trinajstić information content (AvgIpc) is 2.75. The van der Waals surface area contributed by atoms with Crippen LogP contribution in [-0.2, 0) is 7.05 Å². The number of nitrogens with zero attached hydrogens (tertiary/aromatic N) is 5. The van der Waals surface area contributed by atoms with Gasteiger partial charge in [0.2, 0.25) is 5.28 Å². The molecule has 0 atom stereocenters. The van der Waals surface area contributed by atoms with Crippen molar-refractivity contribution >= 4 is 34.0 Å². The second-order valence-electron chi connectivity index (χ2n) is 5.12. The molecule has 0 saturated carbocycles. The van der Waals surface area contributed by atoms with Crippen molar-refractivity contribution in [2.75, 3.05) is 11.9 Å². The maximum absolute atomic E-state index is 5.90. The molecule has 0 unspecified atom stereocenters. The number of aromatic nitrogens is 4. The zero-order chi connectivity index (χ0) is 15.1. The van der Waals surface area contributed by atoms with Crippen LogP contribution in [0.5, 0.6) is 0 Å². The first-order valence-corrected chi connectivity index (χ1v) is 7.01.